The van der Waals surface area contributed by atoms with Crippen LogP contribution in [-0.2, 0) is 11.3 Å². The number of piperazine rings is 1. The highest BCUT2D eigenvalue weighted by molar-refractivity contribution is 5.81. The summed E-state index contributed by atoms with van der Waals surface area (Å²) < 4.78 is 11.1. The van der Waals surface area contributed by atoms with Crippen molar-refractivity contribution < 1.29 is 14.1 Å². The minimum atomic E-state index is -0.481. The van der Waals surface area contributed by atoms with Gasteiger partial charge in [0.1, 0.15) is 5.75 Å². The lowest BCUT2D eigenvalue weighted by Gasteiger charge is -2.35. The molecule has 1 atom stereocenters. The zero-order valence-electron chi connectivity index (χ0n) is 15.1. The van der Waals surface area contributed by atoms with E-state index in [2.05, 4.69) is 10.1 Å². The van der Waals surface area contributed by atoms with Gasteiger partial charge in [0.05, 0.1) is 12.2 Å². The molecule has 1 aliphatic rings. The minimum Gasteiger partial charge on any atom is -0.481 e. The average molecular weight is 343 g/mol. The molecule has 1 aromatic carbocycles. The predicted molar refractivity (Wildman–Crippen MR) is 94.4 cm³/mol. The van der Waals surface area contributed by atoms with Crippen LogP contribution in [0.3, 0.4) is 0 Å². The molecule has 1 fully saturated rings. The van der Waals surface area contributed by atoms with Gasteiger partial charge in [-0.3, -0.25) is 9.69 Å². The van der Waals surface area contributed by atoms with Gasteiger partial charge in [-0.1, -0.05) is 17.3 Å². The normalized spacial score (nSPS) is 16.7. The molecule has 0 aliphatic carbocycles. The highest BCUT2D eigenvalue weighted by Crippen LogP contribution is 2.16. The van der Waals surface area contributed by atoms with Gasteiger partial charge in [-0.25, -0.2) is 0 Å². The summed E-state index contributed by atoms with van der Waals surface area (Å²) in [5, 5.41) is 3.91. The Morgan fingerprint density at radius 1 is 1.24 bits per heavy atom. The molecule has 25 heavy (non-hydrogen) atoms. The molecule has 1 saturated heterocycles. The molecule has 3 rings (SSSR count). The first-order valence-corrected chi connectivity index (χ1v) is 8.68. The molecule has 1 aromatic heterocycles. The molecule has 6 heteroatoms. The number of aromatic nitrogens is 1. The van der Waals surface area contributed by atoms with Crippen LogP contribution < -0.4 is 4.74 Å². The maximum atomic E-state index is 12.6. The van der Waals surface area contributed by atoms with Gasteiger partial charge in [0.15, 0.2) is 11.9 Å². The SMILES string of the molecule is Cc1cccc(OC(C)C(=O)N2CCN(Cc3cc(C)no3)CC2)c1. The smallest absolute Gasteiger partial charge is 0.263 e. The van der Waals surface area contributed by atoms with Crippen LogP contribution in [0.2, 0.25) is 0 Å². The summed E-state index contributed by atoms with van der Waals surface area (Å²) in [7, 11) is 0. The molecular formula is C19H25N3O3. The summed E-state index contributed by atoms with van der Waals surface area (Å²) in [6.07, 6.45) is -0.481. The van der Waals surface area contributed by atoms with Crippen LogP contribution in [0, 0.1) is 13.8 Å². The second kappa shape index (κ2) is 7.70. The second-order valence-corrected chi connectivity index (χ2v) is 6.61. The molecule has 134 valence electrons. The van der Waals surface area contributed by atoms with Gasteiger partial charge in [0, 0.05) is 32.2 Å². The third kappa shape index (κ3) is 4.60. The Labute approximate surface area is 148 Å². The van der Waals surface area contributed by atoms with E-state index < -0.39 is 6.10 Å². The topological polar surface area (TPSA) is 58.8 Å². The molecular weight excluding hydrogens is 318 g/mol. The first-order valence-electron chi connectivity index (χ1n) is 8.68. The van der Waals surface area contributed by atoms with Crippen LogP contribution >= 0.6 is 0 Å². The van der Waals surface area contributed by atoms with Gasteiger partial charge in [0.2, 0.25) is 0 Å². The third-order valence-electron chi connectivity index (χ3n) is 4.39. The number of hydrogen-bond acceptors (Lipinski definition) is 5. The largest absolute Gasteiger partial charge is 0.481 e. The van der Waals surface area contributed by atoms with E-state index in [1.54, 1.807) is 0 Å². The summed E-state index contributed by atoms with van der Waals surface area (Å²) in [4.78, 5) is 16.8. The minimum absolute atomic E-state index is 0.0386. The van der Waals surface area contributed by atoms with E-state index in [-0.39, 0.29) is 5.91 Å². The predicted octanol–water partition coefficient (Wildman–Crippen LogP) is 2.40. The Morgan fingerprint density at radius 2 is 2.00 bits per heavy atom. The first-order chi connectivity index (χ1) is 12.0. The summed E-state index contributed by atoms with van der Waals surface area (Å²) in [6, 6.07) is 9.73. The monoisotopic (exact) mass is 343 g/mol. The first kappa shape index (κ1) is 17.5. The standard InChI is InChI=1S/C19H25N3O3/c1-14-5-4-6-17(11-14)24-16(3)19(23)22-9-7-21(8-10-22)13-18-12-15(2)20-25-18/h4-6,11-12,16H,7-10,13H2,1-3H3. The van der Waals surface area contributed by atoms with Crippen LogP contribution in [0.4, 0.5) is 0 Å². The fraction of sp³-hybridized carbons (Fsp3) is 0.474. The summed E-state index contributed by atoms with van der Waals surface area (Å²) in [5.74, 6) is 1.64. The van der Waals surface area contributed by atoms with Crippen molar-refractivity contribution in [2.24, 2.45) is 0 Å². The van der Waals surface area contributed by atoms with E-state index in [0.717, 1.165) is 42.4 Å². The summed E-state index contributed by atoms with van der Waals surface area (Å²) in [6.45, 7) is 9.52. The van der Waals surface area contributed by atoms with Crippen molar-refractivity contribution in [1.29, 1.82) is 0 Å². The average Bonchev–Trinajstić information content (AvgIpc) is 3.00. The number of carbonyl (C=O) groups excluding carboxylic acids is 1. The molecule has 0 bridgehead atoms. The molecule has 2 heterocycles. The maximum Gasteiger partial charge on any atom is 0.263 e. The van der Waals surface area contributed by atoms with E-state index >= 15 is 0 Å². The van der Waals surface area contributed by atoms with E-state index in [0.29, 0.717) is 13.1 Å². The fourth-order valence-corrected chi connectivity index (χ4v) is 3.04. The lowest BCUT2D eigenvalue weighted by molar-refractivity contribution is -0.139. The Morgan fingerprint density at radius 3 is 2.64 bits per heavy atom. The zero-order chi connectivity index (χ0) is 17.8. The van der Waals surface area contributed by atoms with Gasteiger partial charge < -0.3 is 14.2 Å². The zero-order valence-corrected chi connectivity index (χ0v) is 15.1. The van der Waals surface area contributed by atoms with Crippen molar-refractivity contribution in [2.45, 2.75) is 33.4 Å². The molecule has 0 N–H and O–H groups in total. The number of carbonyl (C=O) groups is 1. The van der Waals surface area contributed by atoms with Gasteiger partial charge in [0.25, 0.3) is 5.91 Å². The van der Waals surface area contributed by atoms with Gasteiger partial charge >= 0.3 is 0 Å². The highest BCUT2D eigenvalue weighted by Gasteiger charge is 2.26. The molecule has 1 aliphatic heterocycles. The van der Waals surface area contributed by atoms with Crippen molar-refractivity contribution >= 4 is 5.91 Å². The number of amides is 1. The van der Waals surface area contributed by atoms with Crippen LogP contribution in [-0.4, -0.2) is 53.1 Å². The van der Waals surface area contributed by atoms with E-state index in [1.165, 1.54) is 0 Å². The van der Waals surface area contributed by atoms with E-state index in [4.69, 9.17) is 9.26 Å². The van der Waals surface area contributed by atoms with Gasteiger partial charge in [-0.15, -0.1) is 0 Å². The van der Waals surface area contributed by atoms with Crippen molar-refractivity contribution in [3.05, 3.63) is 47.3 Å². The lowest BCUT2D eigenvalue weighted by atomic mass is 10.2. The van der Waals surface area contributed by atoms with Gasteiger partial charge in [-0.2, -0.15) is 0 Å². The number of rotatable bonds is 5. The van der Waals surface area contributed by atoms with Crippen molar-refractivity contribution in [2.75, 3.05) is 26.2 Å². The molecule has 1 unspecified atom stereocenters. The Kier molecular flexibility index (Phi) is 5.38. The molecule has 0 radical (unpaired) electrons. The Hall–Kier alpha value is -2.34. The van der Waals surface area contributed by atoms with E-state index in [9.17, 15) is 4.79 Å². The second-order valence-electron chi connectivity index (χ2n) is 6.61. The number of nitrogens with zero attached hydrogens (tertiary/aromatic N) is 3. The highest BCUT2D eigenvalue weighted by atomic mass is 16.5. The Balaban J connectivity index is 1.49. The van der Waals surface area contributed by atoms with Crippen LogP contribution in [0.25, 0.3) is 0 Å². The number of hydrogen-bond donors (Lipinski definition) is 0. The van der Waals surface area contributed by atoms with Crippen LogP contribution in [0.15, 0.2) is 34.9 Å². The van der Waals surface area contributed by atoms with Crippen molar-refractivity contribution in [3.8, 4) is 5.75 Å². The maximum absolute atomic E-state index is 12.6. The molecule has 1 amide bonds. The van der Waals surface area contributed by atoms with Crippen LogP contribution in [0.5, 0.6) is 5.75 Å². The quantitative estimate of drug-likeness (QED) is 0.834. The molecule has 0 saturated carbocycles. The third-order valence-corrected chi connectivity index (χ3v) is 4.39. The van der Waals surface area contributed by atoms with Gasteiger partial charge in [-0.05, 0) is 38.5 Å². The summed E-state index contributed by atoms with van der Waals surface area (Å²) in [5.41, 5.74) is 2.01. The molecule has 6 nitrogen and oxygen atoms in total. The van der Waals surface area contributed by atoms with Crippen LogP contribution in [0.1, 0.15) is 23.9 Å². The van der Waals surface area contributed by atoms with Crippen molar-refractivity contribution in [3.63, 3.8) is 0 Å². The summed E-state index contributed by atoms with van der Waals surface area (Å²) >= 11 is 0. The molecule has 2 aromatic rings. The lowest BCUT2D eigenvalue weighted by Crippen LogP contribution is -2.51. The number of benzene rings is 1. The number of ether oxygens (including phenoxy) is 1. The fourth-order valence-electron chi connectivity index (χ4n) is 3.04. The Bertz CT molecular complexity index is 720. The van der Waals surface area contributed by atoms with E-state index in [1.807, 2.05) is 56.0 Å². The molecule has 0 spiro atoms. The number of aryl methyl sites for hydroxylation is 2. The van der Waals surface area contributed by atoms with Crippen molar-refractivity contribution in [1.82, 2.24) is 15.0 Å².